The van der Waals surface area contributed by atoms with E-state index in [0.29, 0.717) is 19.1 Å². The molecule has 0 aliphatic carbocycles. The van der Waals surface area contributed by atoms with E-state index in [0.717, 1.165) is 36.6 Å². The summed E-state index contributed by atoms with van der Waals surface area (Å²) >= 11 is 0. The maximum absolute atomic E-state index is 12.0. The Bertz CT molecular complexity index is 689. The monoisotopic (exact) mass is 398 g/mol. The van der Waals surface area contributed by atoms with Crippen LogP contribution in [0, 0.1) is 5.92 Å². The molecule has 1 unspecified atom stereocenters. The highest BCUT2D eigenvalue weighted by molar-refractivity contribution is 5.89. The lowest BCUT2D eigenvalue weighted by molar-refractivity contribution is 0.0925. The molecule has 0 aliphatic heterocycles. The van der Waals surface area contributed by atoms with E-state index >= 15 is 0 Å². The summed E-state index contributed by atoms with van der Waals surface area (Å²) < 4.78 is 11.5. The third-order valence-electron chi connectivity index (χ3n) is 4.74. The van der Waals surface area contributed by atoms with E-state index in [1.165, 1.54) is 19.3 Å². The van der Waals surface area contributed by atoms with E-state index < -0.39 is 0 Å². The van der Waals surface area contributed by atoms with Gasteiger partial charge in [-0.05, 0) is 55.2 Å². The lowest BCUT2D eigenvalue weighted by atomic mass is 10.0. The van der Waals surface area contributed by atoms with Crippen molar-refractivity contribution in [1.82, 2.24) is 5.32 Å². The first-order valence-electron chi connectivity index (χ1n) is 10.7. The first-order chi connectivity index (χ1) is 14.2. The topological polar surface area (TPSA) is 59.6 Å². The Morgan fingerprint density at radius 3 is 2.38 bits per heavy atom. The highest BCUT2D eigenvalue weighted by Gasteiger charge is 2.06. The number of carbonyl (C=O) groups is 1. The molecule has 0 bridgehead atoms. The summed E-state index contributed by atoms with van der Waals surface area (Å²) in [6.07, 6.45) is 5.71. The summed E-state index contributed by atoms with van der Waals surface area (Å²) in [7, 11) is 0. The fraction of sp³-hybridized carbons (Fsp3) is 0.458. The molecule has 29 heavy (non-hydrogen) atoms. The van der Waals surface area contributed by atoms with Crippen molar-refractivity contribution in [3.05, 3.63) is 54.6 Å². The second-order valence-electron chi connectivity index (χ2n) is 7.17. The number of amides is 2. The van der Waals surface area contributed by atoms with Crippen LogP contribution in [-0.2, 0) is 4.74 Å². The maximum atomic E-state index is 12.0. The van der Waals surface area contributed by atoms with Crippen LogP contribution in [-0.4, -0.2) is 25.8 Å². The zero-order valence-corrected chi connectivity index (χ0v) is 17.7. The third-order valence-corrected chi connectivity index (χ3v) is 4.74. The number of unbranched alkanes of at least 4 members (excludes halogenated alkanes) is 1. The van der Waals surface area contributed by atoms with Crippen LogP contribution in [0.3, 0.4) is 0 Å². The van der Waals surface area contributed by atoms with E-state index in [-0.39, 0.29) is 6.03 Å². The number of nitrogens with one attached hydrogen (secondary N) is 2. The second-order valence-corrected chi connectivity index (χ2v) is 7.17. The van der Waals surface area contributed by atoms with Crippen molar-refractivity contribution in [1.29, 1.82) is 0 Å². The largest absolute Gasteiger partial charge is 0.457 e. The summed E-state index contributed by atoms with van der Waals surface area (Å²) in [6, 6.07) is 16.7. The molecule has 0 aromatic heterocycles. The van der Waals surface area contributed by atoms with Gasteiger partial charge in [0.2, 0.25) is 0 Å². The van der Waals surface area contributed by atoms with Crippen LogP contribution in [0.2, 0.25) is 0 Å². The van der Waals surface area contributed by atoms with Crippen molar-refractivity contribution in [2.75, 3.05) is 25.1 Å². The van der Waals surface area contributed by atoms with Gasteiger partial charge in [-0.25, -0.2) is 4.79 Å². The number of rotatable bonds is 13. The minimum Gasteiger partial charge on any atom is -0.457 e. The minimum atomic E-state index is -0.212. The van der Waals surface area contributed by atoms with Gasteiger partial charge in [0.05, 0.1) is 0 Å². The average molecular weight is 399 g/mol. The van der Waals surface area contributed by atoms with Crippen LogP contribution >= 0.6 is 0 Å². The van der Waals surface area contributed by atoms with Gasteiger partial charge in [-0.3, -0.25) is 0 Å². The smallest absolute Gasteiger partial charge is 0.319 e. The van der Waals surface area contributed by atoms with E-state index in [9.17, 15) is 4.79 Å². The molecular weight excluding hydrogens is 364 g/mol. The molecule has 0 fully saturated rings. The molecule has 5 heteroatoms. The first kappa shape index (κ1) is 22.8. The molecule has 2 N–H and O–H groups in total. The lowest BCUT2D eigenvalue weighted by Gasteiger charge is -2.14. The summed E-state index contributed by atoms with van der Waals surface area (Å²) in [5, 5.41) is 5.69. The quantitative estimate of drug-likeness (QED) is 0.394. The van der Waals surface area contributed by atoms with E-state index in [1.54, 1.807) is 0 Å². The van der Waals surface area contributed by atoms with Gasteiger partial charge in [0.25, 0.3) is 0 Å². The normalized spacial score (nSPS) is 11.7. The maximum Gasteiger partial charge on any atom is 0.319 e. The molecule has 2 aromatic rings. The Labute approximate surface area is 174 Å². The van der Waals surface area contributed by atoms with Crippen molar-refractivity contribution in [2.24, 2.45) is 5.92 Å². The van der Waals surface area contributed by atoms with Gasteiger partial charge >= 0.3 is 6.03 Å². The van der Waals surface area contributed by atoms with Crippen LogP contribution in [0.4, 0.5) is 10.5 Å². The van der Waals surface area contributed by atoms with Crippen molar-refractivity contribution in [3.8, 4) is 11.5 Å². The predicted octanol–water partition coefficient (Wildman–Crippen LogP) is 6.22. The Morgan fingerprint density at radius 2 is 1.69 bits per heavy atom. The molecule has 0 heterocycles. The van der Waals surface area contributed by atoms with Crippen LogP contribution < -0.4 is 15.4 Å². The van der Waals surface area contributed by atoms with Crippen molar-refractivity contribution in [2.45, 2.75) is 46.0 Å². The number of urea groups is 1. The van der Waals surface area contributed by atoms with Crippen molar-refractivity contribution in [3.63, 3.8) is 0 Å². The number of carbonyl (C=O) groups excluding carboxylic acids is 1. The summed E-state index contributed by atoms with van der Waals surface area (Å²) in [5.74, 6) is 2.16. The minimum absolute atomic E-state index is 0.212. The summed E-state index contributed by atoms with van der Waals surface area (Å²) in [5.41, 5.74) is 0.723. The molecule has 0 aliphatic rings. The zero-order chi connectivity index (χ0) is 20.7. The Balaban J connectivity index is 1.59. The third kappa shape index (κ3) is 9.48. The fourth-order valence-corrected chi connectivity index (χ4v) is 2.93. The van der Waals surface area contributed by atoms with Crippen LogP contribution in [0.1, 0.15) is 46.0 Å². The van der Waals surface area contributed by atoms with E-state index in [1.807, 2.05) is 54.6 Å². The van der Waals surface area contributed by atoms with Gasteiger partial charge in [0.15, 0.2) is 0 Å². The van der Waals surface area contributed by atoms with Gasteiger partial charge in [-0.2, -0.15) is 0 Å². The van der Waals surface area contributed by atoms with Crippen LogP contribution in [0.5, 0.6) is 11.5 Å². The van der Waals surface area contributed by atoms with Gasteiger partial charge in [-0.15, -0.1) is 0 Å². The molecule has 158 valence electrons. The van der Waals surface area contributed by atoms with Crippen molar-refractivity contribution >= 4 is 11.7 Å². The lowest BCUT2D eigenvalue weighted by Crippen LogP contribution is -2.30. The standard InChI is InChI=1S/C24H34N2O3/c1-3-5-10-20(4-2)19-28-18-9-17-25-24(27)26-21-13-15-23(16-14-21)29-22-11-7-6-8-12-22/h6-8,11-16,20H,3-5,9-10,17-19H2,1-2H3,(H2,25,26,27). The van der Waals surface area contributed by atoms with Gasteiger partial charge in [0, 0.05) is 25.4 Å². The molecule has 0 saturated heterocycles. The van der Waals surface area contributed by atoms with Gasteiger partial charge in [-0.1, -0.05) is 51.3 Å². The number of hydrogen-bond acceptors (Lipinski definition) is 3. The van der Waals surface area contributed by atoms with Gasteiger partial charge < -0.3 is 20.1 Å². The Kier molecular flexibility index (Phi) is 10.7. The Hall–Kier alpha value is -2.53. The summed E-state index contributed by atoms with van der Waals surface area (Å²) in [6.45, 7) is 6.52. The SMILES string of the molecule is CCCCC(CC)COCCCNC(=O)Nc1ccc(Oc2ccccc2)cc1. The molecule has 2 amide bonds. The van der Waals surface area contributed by atoms with Gasteiger partial charge in [0.1, 0.15) is 11.5 Å². The number of ether oxygens (including phenoxy) is 2. The molecule has 2 aromatic carbocycles. The summed E-state index contributed by atoms with van der Waals surface area (Å²) in [4.78, 5) is 12.0. The average Bonchev–Trinajstić information content (AvgIpc) is 2.75. The molecule has 2 rings (SSSR count). The number of hydrogen-bond donors (Lipinski definition) is 2. The van der Waals surface area contributed by atoms with E-state index in [2.05, 4.69) is 24.5 Å². The van der Waals surface area contributed by atoms with Crippen molar-refractivity contribution < 1.29 is 14.3 Å². The highest BCUT2D eigenvalue weighted by atomic mass is 16.5. The molecule has 0 radical (unpaired) electrons. The predicted molar refractivity (Wildman–Crippen MR) is 119 cm³/mol. The molecule has 5 nitrogen and oxygen atoms in total. The molecule has 0 saturated carbocycles. The Morgan fingerprint density at radius 1 is 0.966 bits per heavy atom. The molecule has 1 atom stereocenters. The number of anilines is 1. The molecule has 0 spiro atoms. The van der Waals surface area contributed by atoms with Crippen LogP contribution in [0.25, 0.3) is 0 Å². The zero-order valence-electron chi connectivity index (χ0n) is 17.7. The first-order valence-corrected chi connectivity index (χ1v) is 10.7. The van der Waals surface area contributed by atoms with E-state index in [4.69, 9.17) is 9.47 Å². The number of benzene rings is 2. The number of para-hydroxylation sites is 1. The fourth-order valence-electron chi connectivity index (χ4n) is 2.93. The van der Waals surface area contributed by atoms with Crippen LogP contribution in [0.15, 0.2) is 54.6 Å². The second kappa shape index (κ2) is 13.6. The highest BCUT2D eigenvalue weighted by Crippen LogP contribution is 2.22. The molecular formula is C24H34N2O3.